The molecule has 1 aromatic rings. The molecule has 1 N–H and O–H groups in total. The van der Waals surface area contributed by atoms with Crippen LogP contribution in [0.5, 0.6) is 5.75 Å². The minimum atomic E-state index is -0.518. The molecule has 1 aliphatic rings. The van der Waals surface area contributed by atoms with Crippen molar-refractivity contribution >= 4 is 33.4 Å². The molecule has 0 aliphatic carbocycles. The Morgan fingerprint density at radius 2 is 2.21 bits per heavy atom. The van der Waals surface area contributed by atoms with Gasteiger partial charge in [-0.05, 0) is 25.1 Å². The van der Waals surface area contributed by atoms with Crippen LogP contribution in [0.3, 0.4) is 0 Å². The molecule has 19 heavy (non-hydrogen) atoms. The molecule has 1 aliphatic heterocycles. The number of hydrogen-bond acceptors (Lipinski definition) is 4. The molecule has 102 valence electrons. The summed E-state index contributed by atoms with van der Waals surface area (Å²) in [5.74, 6) is 0.312. The van der Waals surface area contributed by atoms with Gasteiger partial charge in [-0.2, -0.15) is 0 Å². The Balaban J connectivity index is 2.20. The van der Waals surface area contributed by atoms with E-state index in [4.69, 9.17) is 4.74 Å². The number of likely N-dealkylation sites (tertiary alicyclic amines) is 1. The lowest BCUT2D eigenvalue weighted by atomic mass is 10.2. The molecular weight excluding hydrogens is 312 g/mol. The summed E-state index contributed by atoms with van der Waals surface area (Å²) in [7, 11) is 1.56. The van der Waals surface area contributed by atoms with E-state index in [1.54, 1.807) is 20.1 Å². The summed E-state index contributed by atoms with van der Waals surface area (Å²) in [5.41, 5.74) is 0.695. The lowest BCUT2D eigenvalue weighted by molar-refractivity contribution is -0.138. The Kier molecular flexibility index (Phi) is 4.09. The van der Waals surface area contributed by atoms with Gasteiger partial charge in [0.05, 0.1) is 19.2 Å². The fraction of sp³-hybridized carbons (Fsp3) is 0.385. The zero-order chi connectivity index (χ0) is 14.0. The number of carbonyl (C=O) groups is 2. The van der Waals surface area contributed by atoms with Crippen LogP contribution in [0.1, 0.15) is 13.3 Å². The van der Waals surface area contributed by atoms with E-state index in [9.17, 15) is 9.59 Å². The summed E-state index contributed by atoms with van der Waals surface area (Å²) in [5, 5.41) is 3.08. The molecule has 2 rings (SSSR count). The average molecular weight is 327 g/mol. The van der Waals surface area contributed by atoms with E-state index in [-0.39, 0.29) is 18.2 Å². The highest BCUT2D eigenvalue weighted by Gasteiger charge is 2.37. The van der Waals surface area contributed by atoms with Gasteiger partial charge < -0.3 is 10.1 Å². The lowest BCUT2D eigenvalue weighted by Crippen LogP contribution is -2.34. The number of nitrogens with one attached hydrogen (secondary N) is 1. The molecule has 1 atom stereocenters. The van der Waals surface area contributed by atoms with Crippen LogP contribution in [0.25, 0.3) is 0 Å². The number of likely N-dealkylation sites (N-methyl/N-ethyl adjacent to an activating group) is 1. The van der Waals surface area contributed by atoms with Gasteiger partial charge in [0.1, 0.15) is 11.8 Å². The maximum atomic E-state index is 12.0. The van der Waals surface area contributed by atoms with Crippen molar-refractivity contribution in [1.82, 2.24) is 4.90 Å². The van der Waals surface area contributed by atoms with Gasteiger partial charge in [0.2, 0.25) is 5.91 Å². The van der Waals surface area contributed by atoms with Gasteiger partial charge in [0, 0.05) is 11.0 Å². The number of carbonyl (C=O) groups excluding carboxylic acids is 2. The Labute approximate surface area is 120 Å². The van der Waals surface area contributed by atoms with E-state index in [1.807, 2.05) is 12.1 Å². The fourth-order valence-corrected chi connectivity index (χ4v) is 2.47. The minimum Gasteiger partial charge on any atom is -0.495 e. The largest absolute Gasteiger partial charge is 0.495 e. The second-order valence-electron chi connectivity index (χ2n) is 4.22. The van der Waals surface area contributed by atoms with Crippen molar-refractivity contribution < 1.29 is 14.3 Å². The summed E-state index contributed by atoms with van der Waals surface area (Å²) in [6.45, 7) is 2.20. The predicted octanol–water partition coefficient (Wildman–Crippen LogP) is 2.02. The quantitative estimate of drug-likeness (QED) is 0.860. The zero-order valence-corrected chi connectivity index (χ0v) is 12.4. The van der Waals surface area contributed by atoms with Gasteiger partial charge in [0.25, 0.3) is 5.91 Å². The number of hydrogen-bond donors (Lipinski definition) is 1. The summed E-state index contributed by atoms with van der Waals surface area (Å²) < 4.78 is 6.11. The number of nitrogens with zero attached hydrogens (tertiary/aromatic N) is 1. The summed E-state index contributed by atoms with van der Waals surface area (Å²) in [6, 6.07) is 4.95. The maximum absolute atomic E-state index is 12.0. The third-order valence-electron chi connectivity index (χ3n) is 3.05. The van der Waals surface area contributed by atoms with Gasteiger partial charge in [-0.15, -0.1) is 0 Å². The molecule has 0 radical (unpaired) electrons. The number of halogens is 1. The summed E-state index contributed by atoms with van der Waals surface area (Å²) >= 11 is 3.37. The molecular formula is C13H15BrN2O3. The molecule has 1 unspecified atom stereocenters. The van der Waals surface area contributed by atoms with Gasteiger partial charge in [-0.3, -0.25) is 14.5 Å². The standard InChI is InChI=1S/C13H15BrN2O3/c1-3-16-12(17)7-10(13(16)18)15-9-6-8(14)4-5-11(9)19-2/h4-6,10,15H,3,7H2,1-2H3. The zero-order valence-electron chi connectivity index (χ0n) is 10.8. The van der Waals surface area contributed by atoms with Gasteiger partial charge in [0.15, 0.2) is 0 Å². The van der Waals surface area contributed by atoms with Crippen molar-refractivity contribution in [3.8, 4) is 5.75 Å². The van der Waals surface area contributed by atoms with E-state index in [2.05, 4.69) is 21.2 Å². The number of ether oxygens (including phenoxy) is 1. The van der Waals surface area contributed by atoms with Crippen molar-refractivity contribution in [2.45, 2.75) is 19.4 Å². The molecule has 2 amide bonds. The first-order valence-corrected chi connectivity index (χ1v) is 6.80. The van der Waals surface area contributed by atoms with Crippen LogP contribution in [-0.2, 0) is 9.59 Å². The fourth-order valence-electron chi connectivity index (χ4n) is 2.11. The van der Waals surface area contributed by atoms with Crippen molar-refractivity contribution in [1.29, 1.82) is 0 Å². The minimum absolute atomic E-state index is 0.140. The Morgan fingerprint density at radius 1 is 1.47 bits per heavy atom. The van der Waals surface area contributed by atoms with E-state index in [0.29, 0.717) is 18.0 Å². The molecule has 1 fully saturated rings. The third-order valence-corrected chi connectivity index (χ3v) is 3.54. The molecule has 1 aromatic carbocycles. The number of benzene rings is 1. The Morgan fingerprint density at radius 3 is 2.79 bits per heavy atom. The predicted molar refractivity (Wildman–Crippen MR) is 75.1 cm³/mol. The van der Waals surface area contributed by atoms with Crippen LogP contribution in [0.4, 0.5) is 5.69 Å². The number of imide groups is 1. The molecule has 6 heteroatoms. The first-order chi connectivity index (χ1) is 9.06. The molecule has 1 saturated heterocycles. The summed E-state index contributed by atoms with van der Waals surface area (Å²) in [4.78, 5) is 25.0. The third kappa shape index (κ3) is 2.73. The topological polar surface area (TPSA) is 58.6 Å². The van der Waals surface area contributed by atoms with E-state index in [0.717, 1.165) is 4.47 Å². The first kappa shape index (κ1) is 13.9. The van der Waals surface area contributed by atoms with Crippen LogP contribution in [0, 0.1) is 0 Å². The van der Waals surface area contributed by atoms with E-state index >= 15 is 0 Å². The highest BCUT2D eigenvalue weighted by atomic mass is 79.9. The number of amides is 2. The van der Waals surface area contributed by atoms with Gasteiger partial charge in [-0.25, -0.2) is 0 Å². The number of rotatable bonds is 4. The molecule has 0 spiro atoms. The molecule has 0 bridgehead atoms. The van der Waals surface area contributed by atoms with Crippen molar-refractivity contribution in [3.05, 3.63) is 22.7 Å². The Hall–Kier alpha value is -1.56. The molecule has 5 nitrogen and oxygen atoms in total. The van der Waals surface area contributed by atoms with Crippen molar-refractivity contribution in [2.75, 3.05) is 19.0 Å². The first-order valence-electron chi connectivity index (χ1n) is 6.01. The van der Waals surface area contributed by atoms with Crippen molar-refractivity contribution in [3.63, 3.8) is 0 Å². The smallest absolute Gasteiger partial charge is 0.252 e. The van der Waals surface area contributed by atoms with Crippen molar-refractivity contribution in [2.24, 2.45) is 0 Å². The highest BCUT2D eigenvalue weighted by molar-refractivity contribution is 9.10. The van der Waals surface area contributed by atoms with Crippen LogP contribution in [-0.4, -0.2) is 36.4 Å². The second-order valence-corrected chi connectivity index (χ2v) is 5.14. The Bertz CT molecular complexity index is 519. The number of anilines is 1. The van der Waals surface area contributed by atoms with Crippen LogP contribution in [0.15, 0.2) is 22.7 Å². The number of methoxy groups -OCH3 is 1. The van der Waals surface area contributed by atoms with Gasteiger partial charge in [-0.1, -0.05) is 15.9 Å². The van der Waals surface area contributed by atoms with E-state index in [1.165, 1.54) is 4.90 Å². The monoisotopic (exact) mass is 326 g/mol. The second kappa shape index (κ2) is 5.61. The summed E-state index contributed by atoms with van der Waals surface area (Å²) in [6.07, 6.45) is 0.183. The lowest BCUT2D eigenvalue weighted by Gasteiger charge is -2.16. The van der Waals surface area contributed by atoms with Crippen LogP contribution >= 0.6 is 15.9 Å². The normalized spacial score (nSPS) is 18.9. The van der Waals surface area contributed by atoms with Crippen LogP contribution < -0.4 is 10.1 Å². The SMILES string of the molecule is CCN1C(=O)CC(Nc2cc(Br)ccc2OC)C1=O. The van der Waals surface area contributed by atoms with E-state index < -0.39 is 6.04 Å². The average Bonchev–Trinajstić information content (AvgIpc) is 2.64. The molecule has 0 saturated carbocycles. The molecule has 0 aromatic heterocycles. The van der Waals surface area contributed by atoms with Gasteiger partial charge >= 0.3 is 0 Å². The van der Waals surface area contributed by atoms with Crippen LogP contribution in [0.2, 0.25) is 0 Å². The maximum Gasteiger partial charge on any atom is 0.252 e. The highest BCUT2D eigenvalue weighted by Crippen LogP contribution is 2.30. The molecule has 1 heterocycles.